The van der Waals surface area contributed by atoms with Crippen LogP contribution in [0.3, 0.4) is 0 Å². The molecule has 0 spiro atoms. The third-order valence-corrected chi connectivity index (χ3v) is 2.07. The minimum atomic E-state index is -0.936. The van der Waals surface area contributed by atoms with E-state index in [0.29, 0.717) is 0 Å². The fraction of sp³-hybridized carbons (Fsp3) is 0.333. The minimum Gasteiger partial charge on any atom is -0.391 e. The second-order valence-corrected chi connectivity index (χ2v) is 3.23. The van der Waals surface area contributed by atoms with E-state index < -0.39 is 28.6 Å². The molecule has 0 fully saturated rings. The number of aliphatic hydroxyl groups excluding tert-OH is 1. The molecule has 0 saturated carbocycles. The molecule has 0 aliphatic rings. The second-order valence-electron chi connectivity index (χ2n) is 3.23. The van der Waals surface area contributed by atoms with Gasteiger partial charge in [-0.1, -0.05) is 0 Å². The Bertz CT molecular complexity index is 387. The molecule has 0 aliphatic carbocycles. The molecule has 0 aromatic heterocycles. The molecule has 3 N–H and O–H groups in total. The predicted molar refractivity (Wildman–Crippen MR) is 58.9 cm³/mol. The summed E-state index contributed by atoms with van der Waals surface area (Å²) in [5.74, 6) is -0.705. The summed E-state index contributed by atoms with van der Waals surface area (Å²) in [7, 11) is 0. The van der Waals surface area contributed by atoms with Crippen molar-refractivity contribution in [3.63, 3.8) is 0 Å². The average Bonchev–Trinajstić information content (AvgIpc) is 2.16. The van der Waals surface area contributed by atoms with Crippen LogP contribution in [0.4, 0.5) is 10.1 Å². The lowest BCUT2D eigenvalue weighted by Crippen LogP contribution is -2.24. The van der Waals surface area contributed by atoms with E-state index in [0.717, 1.165) is 12.1 Å². The van der Waals surface area contributed by atoms with E-state index in [1.165, 1.54) is 13.0 Å². The van der Waals surface area contributed by atoms with Gasteiger partial charge in [-0.05, 0) is 19.1 Å². The summed E-state index contributed by atoms with van der Waals surface area (Å²) in [5.41, 5.74) is 5.26. The Balaban J connectivity index is 0.00000225. The van der Waals surface area contributed by atoms with Crippen molar-refractivity contribution in [3.8, 4) is 0 Å². The Labute approximate surface area is 97.6 Å². The lowest BCUT2D eigenvalue weighted by Gasteiger charge is -2.14. The number of nitrogens with two attached hydrogens (primary N) is 1. The quantitative estimate of drug-likeness (QED) is 0.629. The Morgan fingerprint density at radius 3 is 2.56 bits per heavy atom. The molecule has 0 bridgehead atoms. The van der Waals surface area contributed by atoms with Gasteiger partial charge < -0.3 is 10.8 Å². The van der Waals surface area contributed by atoms with Gasteiger partial charge in [0.15, 0.2) is 0 Å². The van der Waals surface area contributed by atoms with Crippen LogP contribution >= 0.6 is 12.4 Å². The van der Waals surface area contributed by atoms with Gasteiger partial charge in [-0.25, -0.2) is 4.39 Å². The van der Waals surface area contributed by atoms with Crippen LogP contribution < -0.4 is 5.73 Å². The maximum absolute atomic E-state index is 12.8. The van der Waals surface area contributed by atoms with E-state index in [1.54, 1.807) is 0 Å². The first kappa shape index (κ1) is 14.8. The molecular weight excluding hydrogens is 239 g/mol. The number of rotatable bonds is 3. The van der Waals surface area contributed by atoms with Gasteiger partial charge in [0.2, 0.25) is 0 Å². The molecule has 16 heavy (non-hydrogen) atoms. The zero-order chi connectivity index (χ0) is 11.6. The highest BCUT2D eigenvalue weighted by Gasteiger charge is 2.22. The number of benzene rings is 1. The summed E-state index contributed by atoms with van der Waals surface area (Å²) in [5, 5.41) is 19.8. The molecule has 5 nitrogen and oxygen atoms in total. The summed E-state index contributed by atoms with van der Waals surface area (Å²) in [6.07, 6.45) is -0.936. The number of hydrogen-bond donors (Lipinski definition) is 2. The van der Waals surface area contributed by atoms with Crippen molar-refractivity contribution in [2.24, 2.45) is 5.73 Å². The summed E-state index contributed by atoms with van der Waals surface area (Å²) in [6, 6.07) is 2.18. The van der Waals surface area contributed by atoms with E-state index in [-0.39, 0.29) is 18.0 Å². The van der Waals surface area contributed by atoms with Crippen molar-refractivity contribution < 1.29 is 14.4 Å². The average molecular weight is 251 g/mol. The van der Waals surface area contributed by atoms with Gasteiger partial charge in [-0.2, -0.15) is 0 Å². The Kier molecular flexibility index (Phi) is 5.29. The third-order valence-electron chi connectivity index (χ3n) is 2.07. The van der Waals surface area contributed by atoms with Crippen molar-refractivity contribution in [3.05, 3.63) is 39.7 Å². The molecule has 0 heterocycles. The number of nitro groups is 1. The lowest BCUT2D eigenvalue weighted by molar-refractivity contribution is -0.386. The monoisotopic (exact) mass is 250 g/mol. The minimum absolute atomic E-state index is 0. The predicted octanol–water partition coefficient (Wildman–Crippen LogP) is 1.54. The van der Waals surface area contributed by atoms with Gasteiger partial charge in [-0.15, -0.1) is 12.4 Å². The molecule has 90 valence electrons. The topological polar surface area (TPSA) is 89.4 Å². The van der Waals surface area contributed by atoms with Gasteiger partial charge >= 0.3 is 0 Å². The summed E-state index contributed by atoms with van der Waals surface area (Å²) < 4.78 is 12.8. The Morgan fingerprint density at radius 1 is 1.56 bits per heavy atom. The molecule has 1 aromatic rings. The van der Waals surface area contributed by atoms with Crippen molar-refractivity contribution in [2.45, 2.75) is 19.1 Å². The van der Waals surface area contributed by atoms with Gasteiger partial charge in [-0.3, -0.25) is 10.1 Å². The van der Waals surface area contributed by atoms with Gasteiger partial charge in [0.05, 0.1) is 23.1 Å². The van der Waals surface area contributed by atoms with Crippen molar-refractivity contribution in [2.75, 3.05) is 0 Å². The SMILES string of the molecule is C[C@H](O)[C@H](N)c1ccc(F)cc1[N+](=O)[O-].Cl. The maximum atomic E-state index is 12.8. The number of nitrogens with zero attached hydrogens (tertiary/aromatic N) is 1. The highest BCUT2D eigenvalue weighted by molar-refractivity contribution is 5.85. The first-order chi connectivity index (χ1) is 6.93. The summed E-state index contributed by atoms with van der Waals surface area (Å²) in [6.45, 7) is 1.41. The molecule has 0 unspecified atom stereocenters. The fourth-order valence-electron chi connectivity index (χ4n) is 1.22. The van der Waals surface area contributed by atoms with Gasteiger partial charge in [0.25, 0.3) is 5.69 Å². The van der Waals surface area contributed by atoms with Crippen molar-refractivity contribution in [1.82, 2.24) is 0 Å². The largest absolute Gasteiger partial charge is 0.391 e. The number of halogens is 2. The molecule has 0 aliphatic heterocycles. The van der Waals surface area contributed by atoms with Gasteiger partial charge in [0, 0.05) is 5.56 Å². The van der Waals surface area contributed by atoms with E-state index in [1.807, 2.05) is 0 Å². The lowest BCUT2D eigenvalue weighted by atomic mass is 10.0. The fourth-order valence-corrected chi connectivity index (χ4v) is 1.22. The second kappa shape index (κ2) is 5.74. The van der Waals surface area contributed by atoms with E-state index >= 15 is 0 Å². The first-order valence-electron chi connectivity index (χ1n) is 4.31. The van der Waals surface area contributed by atoms with Crippen molar-refractivity contribution in [1.29, 1.82) is 0 Å². The van der Waals surface area contributed by atoms with Crippen LogP contribution in [0, 0.1) is 15.9 Å². The summed E-state index contributed by atoms with van der Waals surface area (Å²) in [4.78, 5) is 9.88. The van der Waals surface area contributed by atoms with Crippen LogP contribution in [0.25, 0.3) is 0 Å². The zero-order valence-electron chi connectivity index (χ0n) is 8.46. The number of nitro benzene ring substituents is 1. The van der Waals surface area contributed by atoms with Crippen LogP contribution in [0.5, 0.6) is 0 Å². The van der Waals surface area contributed by atoms with Crippen LogP contribution in [0.1, 0.15) is 18.5 Å². The molecule has 0 radical (unpaired) electrons. The van der Waals surface area contributed by atoms with Crippen LogP contribution in [0.2, 0.25) is 0 Å². The highest BCUT2D eigenvalue weighted by Crippen LogP contribution is 2.26. The molecule has 0 amide bonds. The molecule has 1 rings (SSSR count). The zero-order valence-corrected chi connectivity index (χ0v) is 9.28. The van der Waals surface area contributed by atoms with E-state index in [4.69, 9.17) is 5.73 Å². The van der Waals surface area contributed by atoms with Crippen molar-refractivity contribution >= 4 is 18.1 Å². The van der Waals surface area contributed by atoms with E-state index in [2.05, 4.69) is 0 Å². The number of aliphatic hydroxyl groups is 1. The molecule has 0 saturated heterocycles. The van der Waals surface area contributed by atoms with Crippen LogP contribution in [-0.4, -0.2) is 16.1 Å². The smallest absolute Gasteiger partial charge is 0.277 e. The molecule has 7 heteroatoms. The first-order valence-corrected chi connectivity index (χ1v) is 4.31. The third kappa shape index (κ3) is 3.13. The highest BCUT2D eigenvalue weighted by atomic mass is 35.5. The standard InChI is InChI=1S/C9H11FN2O3.ClH/c1-5(13)9(11)7-3-2-6(10)4-8(7)12(14)15;/h2-5,9,13H,11H2,1H3;1H/t5-,9-;/m0./s1. The molecule has 2 atom stereocenters. The van der Waals surface area contributed by atoms with E-state index in [9.17, 15) is 19.6 Å². The molecular formula is C9H12ClFN2O3. The number of hydrogen-bond acceptors (Lipinski definition) is 4. The van der Waals surface area contributed by atoms with Crippen LogP contribution in [-0.2, 0) is 0 Å². The maximum Gasteiger partial charge on any atom is 0.277 e. The Hall–Kier alpha value is -1.24. The summed E-state index contributed by atoms with van der Waals surface area (Å²) >= 11 is 0. The van der Waals surface area contributed by atoms with Gasteiger partial charge in [0.1, 0.15) is 5.82 Å². The van der Waals surface area contributed by atoms with Crippen LogP contribution in [0.15, 0.2) is 18.2 Å². The Morgan fingerprint density at radius 2 is 2.12 bits per heavy atom. The normalized spacial score (nSPS) is 13.8. The molecule has 1 aromatic carbocycles.